The van der Waals surface area contributed by atoms with Gasteiger partial charge >= 0.3 is 5.63 Å². The summed E-state index contributed by atoms with van der Waals surface area (Å²) in [7, 11) is 1.36. The summed E-state index contributed by atoms with van der Waals surface area (Å²) in [5.41, 5.74) is -0.145. The Kier molecular flexibility index (Phi) is 5.46. The van der Waals surface area contributed by atoms with Crippen LogP contribution in [0, 0.1) is 6.92 Å². The molecule has 27 heavy (non-hydrogen) atoms. The molecule has 1 fully saturated rings. The molecule has 0 radical (unpaired) electrons. The van der Waals surface area contributed by atoms with Crippen LogP contribution in [-0.4, -0.2) is 55.6 Å². The molecule has 1 aromatic carbocycles. The minimum absolute atomic E-state index is 0.0230. The predicted molar refractivity (Wildman–Crippen MR) is 96.5 cm³/mol. The number of aryl methyl sites for hydroxylation is 1. The van der Waals surface area contributed by atoms with Crippen molar-refractivity contribution in [3.8, 4) is 11.5 Å². The smallest absolute Gasteiger partial charge is 0.340 e. The van der Waals surface area contributed by atoms with E-state index in [-0.39, 0.29) is 34.8 Å². The van der Waals surface area contributed by atoms with Crippen LogP contribution in [0.5, 0.6) is 11.5 Å². The number of aromatic hydroxyl groups is 1. The van der Waals surface area contributed by atoms with Crippen LogP contribution in [-0.2, 0) is 16.0 Å². The van der Waals surface area contributed by atoms with Gasteiger partial charge in [-0.15, -0.1) is 0 Å². The number of carbonyl (C=O) groups excluding carboxylic acids is 2. The lowest BCUT2D eigenvalue weighted by Gasteiger charge is -2.20. The van der Waals surface area contributed by atoms with Gasteiger partial charge in [0.2, 0.25) is 5.91 Å². The number of phenolic OH excluding ortho intramolecular Hbond substituents is 1. The second-order valence-corrected chi connectivity index (χ2v) is 6.35. The average molecular weight is 375 g/mol. The number of hydrogen-bond donors (Lipinski definition) is 1. The Morgan fingerprint density at radius 3 is 2.85 bits per heavy atom. The molecule has 1 aliphatic heterocycles. The number of hydrogen-bond acceptors (Lipinski definition) is 7. The molecule has 0 bridgehead atoms. The molecule has 3 rings (SSSR count). The summed E-state index contributed by atoms with van der Waals surface area (Å²) < 4.78 is 15.7. The lowest BCUT2D eigenvalue weighted by molar-refractivity contribution is -0.130. The molecule has 0 spiro atoms. The summed E-state index contributed by atoms with van der Waals surface area (Å²) >= 11 is 0. The predicted octanol–water partition coefficient (Wildman–Crippen LogP) is 1.42. The Labute approximate surface area is 155 Å². The van der Waals surface area contributed by atoms with Crippen molar-refractivity contribution in [1.29, 1.82) is 0 Å². The first-order chi connectivity index (χ1) is 13.0. The van der Waals surface area contributed by atoms with Gasteiger partial charge in [-0.05, 0) is 25.0 Å². The highest BCUT2D eigenvalue weighted by molar-refractivity contribution is 6.00. The molecule has 1 N–H and O–H groups in total. The summed E-state index contributed by atoms with van der Waals surface area (Å²) in [6, 6.07) is 1.49. The fourth-order valence-corrected chi connectivity index (χ4v) is 3.24. The number of amides is 1. The normalized spacial score (nSPS) is 14.8. The van der Waals surface area contributed by atoms with Crippen LogP contribution in [0.3, 0.4) is 0 Å². The quantitative estimate of drug-likeness (QED) is 0.636. The minimum atomic E-state index is -0.702. The van der Waals surface area contributed by atoms with Gasteiger partial charge in [-0.3, -0.25) is 9.59 Å². The molecule has 0 aliphatic carbocycles. The lowest BCUT2D eigenvalue weighted by Crippen LogP contribution is -2.35. The summed E-state index contributed by atoms with van der Waals surface area (Å²) in [6.45, 7) is 3.81. The highest BCUT2D eigenvalue weighted by Crippen LogP contribution is 2.36. The number of phenols is 1. The fourth-order valence-electron chi connectivity index (χ4n) is 3.24. The van der Waals surface area contributed by atoms with E-state index in [1.165, 1.54) is 13.2 Å². The Hall–Kier alpha value is -2.87. The Morgan fingerprint density at radius 1 is 1.37 bits per heavy atom. The second-order valence-electron chi connectivity index (χ2n) is 6.35. The van der Waals surface area contributed by atoms with E-state index in [9.17, 15) is 19.5 Å². The van der Waals surface area contributed by atoms with E-state index in [0.717, 1.165) is 6.42 Å². The molecule has 2 heterocycles. The van der Waals surface area contributed by atoms with Crippen molar-refractivity contribution < 1.29 is 28.6 Å². The number of rotatable bonds is 4. The molecule has 1 aliphatic rings. The largest absolute Gasteiger partial charge is 0.504 e. The first kappa shape index (κ1) is 18.9. The zero-order valence-corrected chi connectivity index (χ0v) is 15.2. The first-order valence-corrected chi connectivity index (χ1v) is 8.64. The van der Waals surface area contributed by atoms with Gasteiger partial charge < -0.3 is 23.9 Å². The van der Waals surface area contributed by atoms with Crippen LogP contribution in [0.4, 0.5) is 0 Å². The van der Waals surface area contributed by atoms with E-state index < -0.39 is 11.4 Å². The maximum atomic E-state index is 12.6. The van der Waals surface area contributed by atoms with Gasteiger partial charge in [0.25, 0.3) is 0 Å². The molecule has 8 nitrogen and oxygen atoms in total. The summed E-state index contributed by atoms with van der Waals surface area (Å²) in [5.74, 6) is -0.490. The fraction of sp³-hybridized carbons (Fsp3) is 0.421. The Balaban J connectivity index is 2.06. The van der Waals surface area contributed by atoms with E-state index >= 15 is 0 Å². The van der Waals surface area contributed by atoms with E-state index in [0.29, 0.717) is 43.5 Å². The number of carbonyl (C=O) groups is 2. The molecule has 0 unspecified atom stereocenters. The highest BCUT2D eigenvalue weighted by Gasteiger charge is 2.23. The Morgan fingerprint density at radius 2 is 2.15 bits per heavy atom. The van der Waals surface area contributed by atoms with Crippen LogP contribution in [0.15, 0.2) is 15.3 Å². The van der Waals surface area contributed by atoms with Crippen molar-refractivity contribution in [1.82, 2.24) is 4.90 Å². The average Bonchev–Trinajstić information content (AvgIpc) is 2.94. The van der Waals surface area contributed by atoms with Gasteiger partial charge in [0, 0.05) is 25.1 Å². The number of fused-ring (bicyclic) bond motifs is 1. The third-order valence-corrected chi connectivity index (χ3v) is 4.79. The van der Waals surface area contributed by atoms with Crippen LogP contribution in [0.25, 0.3) is 11.0 Å². The van der Waals surface area contributed by atoms with Gasteiger partial charge in [-0.2, -0.15) is 0 Å². The van der Waals surface area contributed by atoms with Crippen molar-refractivity contribution in [3.05, 3.63) is 33.2 Å². The SMILES string of the molecule is COc1cc2c(C)c(CC(=O)N3CCCOCC3)c(=O)oc2c(C=O)c1O. The zero-order chi connectivity index (χ0) is 19.6. The van der Waals surface area contributed by atoms with Crippen LogP contribution in [0.1, 0.15) is 27.9 Å². The topological polar surface area (TPSA) is 106 Å². The molecule has 1 saturated heterocycles. The zero-order valence-electron chi connectivity index (χ0n) is 15.2. The number of ether oxygens (including phenoxy) is 2. The van der Waals surface area contributed by atoms with Crippen molar-refractivity contribution in [2.75, 3.05) is 33.4 Å². The lowest BCUT2D eigenvalue weighted by atomic mass is 10.00. The first-order valence-electron chi connectivity index (χ1n) is 8.64. The van der Waals surface area contributed by atoms with Gasteiger partial charge in [0.15, 0.2) is 23.4 Å². The molecule has 8 heteroatoms. The standard InChI is InChI=1S/C19H21NO7/c1-11-12-8-15(25-2)17(23)14(10-21)18(12)27-19(24)13(11)9-16(22)20-4-3-6-26-7-5-20/h8,10,23H,3-7,9H2,1-2H3. The maximum absolute atomic E-state index is 12.6. The Bertz CT molecular complexity index is 939. The molecule has 144 valence electrons. The molecule has 1 amide bonds. The third-order valence-electron chi connectivity index (χ3n) is 4.79. The third kappa shape index (κ3) is 3.52. The van der Waals surface area contributed by atoms with E-state index in [1.54, 1.807) is 11.8 Å². The van der Waals surface area contributed by atoms with Crippen LogP contribution < -0.4 is 10.4 Å². The summed E-state index contributed by atoms with van der Waals surface area (Å²) in [5, 5.41) is 10.5. The molecular weight excluding hydrogens is 354 g/mol. The van der Waals surface area contributed by atoms with E-state index in [1.807, 2.05) is 0 Å². The molecule has 1 aromatic heterocycles. The monoisotopic (exact) mass is 375 g/mol. The highest BCUT2D eigenvalue weighted by atomic mass is 16.5. The molecule has 0 atom stereocenters. The molecule has 0 saturated carbocycles. The van der Waals surface area contributed by atoms with Crippen molar-refractivity contribution in [2.45, 2.75) is 19.8 Å². The van der Waals surface area contributed by atoms with Crippen LogP contribution >= 0.6 is 0 Å². The number of nitrogens with zero attached hydrogens (tertiary/aromatic N) is 1. The molecule has 2 aromatic rings. The van der Waals surface area contributed by atoms with Gasteiger partial charge in [-0.25, -0.2) is 4.79 Å². The second kappa shape index (κ2) is 7.79. The minimum Gasteiger partial charge on any atom is -0.504 e. The van der Waals surface area contributed by atoms with E-state index in [2.05, 4.69) is 0 Å². The van der Waals surface area contributed by atoms with Crippen molar-refractivity contribution in [3.63, 3.8) is 0 Å². The maximum Gasteiger partial charge on any atom is 0.340 e. The van der Waals surface area contributed by atoms with Gasteiger partial charge in [0.1, 0.15) is 5.56 Å². The summed E-state index contributed by atoms with van der Waals surface area (Å²) in [6.07, 6.45) is 1.05. The number of benzene rings is 1. The van der Waals surface area contributed by atoms with Crippen LogP contribution in [0.2, 0.25) is 0 Å². The number of aldehydes is 1. The van der Waals surface area contributed by atoms with Gasteiger partial charge in [-0.1, -0.05) is 0 Å². The summed E-state index contributed by atoms with van der Waals surface area (Å²) in [4.78, 5) is 38.2. The van der Waals surface area contributed by atoms with E-state index in [4.69, 9.17) is 13.9 Å². The molecular formula is C19H21NO7. The van der Waals surface area contributed by atoms with Gasteiger partial charge in [0.05, 0.1) is 25.7 Å². The van der Waals surface area contributed by atoms with Crippen molar-refractivity contribution in [2.24, 2.45) is 0 Å². The number of methoxy groups -OCH3 is 1. The van der Waals surface area contributed by atoms with Crippen molar-refractivity contribution >= 4 is 23.2 Å².